The molecule has 0 unspecified atom stereocenters. The molecule has 0 aliphatic rings. The molecule has 0 rings (SSSR count). The molecule has 0 saturated carbocycles. The van der Waals surface area contributed by atoms with Gasteiger partial charge in [0.05, 0.1) is 0 Å². The van der Waals surface area contributed by atoms with Gasteiger partial charge in [-0.1, -0.05) is 0 Å². The van der Waals surface area contributed by atoms with Crippen LogP contribution < -0.4 is 0 Å². The molecule has 33 valence electrons. The van der Waals surface area contributed by atoms with E-state index in [0.29, 0.717) is 0 Å². The van der Waals surface area contributed by atoms with Crippen LogP contribution in [0.15, 0.2) is 0 Å². The van der Waals surface area contributed by atoms with E-state index in [0.717, 1.165) is 0 Å². The standard InChI is InChI=1S/C2H3O.CH3.Co/c1-2-3;;/h1H3;1H3;/q2*-1;+2/i1T;;. The van der Waals surface area contributed by atoms with Crippen molar-refractivity contribution in [3.8, 4) is 0 Å². The summed E-state index contributed by atoms with van der Waals surface area (Å²) in [4.78, 5) is 8.86. The van der Waals surface area contributed by atoms with E-state index < -0.39 is 0 Å². The summed E-state index contributed by atoms with van der Waals surface area (Å²) in [5.74, 6) is 0. The number of hydrogen-bond acceptors (Lipinski definition) is 1. The van der Waals surface area contributed by atoms with Crippen molar-refractivity contribution in [2.45, 2.75) is 6.90 Å². The monoisotopic (exact) mass is 119 g/mol. The minimum absolute atomic E-state index is 0. The van der Waals surface area contributed by atoms with E-state index in [1.54, 1.807) is 0 Å². The fraction of sp³-hybridized carbons (Fsp3) is 0.333. The topological polar surface area (TPSA) is 17.1 Å². The molecule has 1 nitrogen and oxygen atoms in total. The molecule has 0 aromatic carbocycles. The first-order chi connectivity index (χ1) is 1.91. The molecule has 0 aromatic rings. The summed E-state index contributed by atoms with van der Waals surface area (Å²) in [5.41, 5.74) is 0. The van der Waals surface area contributed by atoms with Crippen LogP contribution >= 0.6 is 0 Å². The second kappa shape index (κ2) is 30.4. The fourth-order valence-corrected chi connectivity index (χ4v) is 0. The maximum atomic E-state index is 8.86. The van der Waals surface area contributed by atoms with Crippen molar-refractivity contribution in [3.05, 3.63) is 7.43 Å². The molecule has 0 aliphatic heterocycles. The first-order valence-corrected chi connectivity index (χ1v) is 0.558. The Balaban J connectivity index is -0.0000000450. The van der Waals surface area contributed by atoms with Gasteiger partial charge in [-0.15, -0.1) is 0 Å². The second-order valence-electron chi connectivity index (χ2n) is 0.144. The molecule has 0 spiro atoms. The van der Waals surface area contributed by atoms with Gasteiger partial charge in [-0.05, 0) is 1.37 Å². The molecular weight excluding hydrogens is 111 g/mol. The summed E-state index contributed by atoms with van der Waals surface area (Å²) < 4.78 is 6.03. The van der Waals surface area contributed by atoms with Crippen LogP contribution in [0.4, 0.5) is 0 Å². The van der Waals surface area contributed by atoms with Crippen molar-refractivity contribution in [2.24, 2.45) is 0 Å². The van der Waals surface area contributed by atoms with Crippen molar-refractivity contribution in [3.63, 3.8) is 0 Å². The molecule has 1 radical (unpaired) electrons. The predicted molar refractivity (Wildman–Crippen MR) is 17.8 cm³/mol. The van der Waals surface area contributed by atoms with E-state index in [4.69, 9.17) is 6.17 Å². The Bertz CT molecular complexity index is 24.8. The minimum atomic E-state index is -0.236. The maximum Gasteiger partial charge on any atom is 2.00 e. The fourth-order valence-electron chi connectivity index (χ4n) is 0. The van der Waals surface area contributed by atoms with Crippen LogP contribution in [0.1, 0.15) is 8.27 Å². The van der Waals surface area contributed by atoms with Crippen molar-refractivity contribution in [1.82, 2.24) is 0 Å². The molecule has 0 aromatic heterocycles. The third-order valence-electron chi connectivity index (χ3n) is 0. The number of hydrogen-bond donors (Lipinski definition) is 0. The molecule has 0 amide bonds. The third kappa shape index (κ3) is 635. The summed E-state index contributed by atoms with van der Waals surface area (Å²) >= 11 is 0. The van der Waals surface area contributed by atoms with Crippen molar-refractivity contribution >= 4 is 6.29 Å². The number of carbonyl (C=O) groups excluding carboxylic acids is 1. The van der Waals surface area contributed by atoms with Gasteiger partial charge in [-0.25, -0.2) is 0 Å². The van der Waals surface area contributed by atoms with E-state index in [1.165, 1.54) is 6.29 Å². The Labute approximate surface area is 44.4 Å². The molecular formula is C3H6CoO. The molecule has 0 fully saturated rings. The molecule has 0 N–H and O–H groups in total. The Kier molecular flexibility index (Phi) is 54.5. The average Bonchev–Trinajstić information content (AvgIpc) is 1.37. The van der Waals surface area contributed by atoms with Gasteiger partial charge in [0, 0.05) is 0 Å². The summed E-state index contributed by atoms with van der Waals surface area (Å²) in [5, 5.41) is 0. The van der Waals surface area contributed by atoms with Crippen molar-refractivity contribution in [1.29, 1.82) is 0 Å². The van der Waals surface area contributed by atoms with Gasteiger partial charge in [0.25, 0.3) is 0 Å². The van der Waals surface area contributed by atoms with E-state index in [9.17, 15) is 0 Å². The van der Waals surface area contributed by atoms with Crippen LogP contribution in [0.2, 0.25) is 0 Å². The second-order valence-corrected chi connectivity index (χ2v) is 0.144. The quantitative estimate of drug-likeness (QED) is 0.426. The summed E-state index contributed by atoms with van der Waals surface area (Å²) in [6.45, 7) is -0.236. The molecule has 0 bridgehead atoms. The van der Waals surface area contributed by atoms with Gasteiger partial charge in [-0.2, -0.15) is 6.90 Å². The Morgan fingerprint density at radius 1 is 2.00 bits per heavy atom. The van der Waals surface area contributed by atoms with Crippen LogP contribution in [-0.2, 0) is 21.6 Å². The van der Waals surface area contributed by atoms with Gasteiger partial charge in [0.1, 0.15) is 0 Å². The van der Waals surface area contributed by atoms with E-state index in [-0.39, 0.29) is 31.1 Å². The van der Waals surface area contributed by atoms with Crippen molar-refractivity contribution < 1.29 is 22.9 Å². The smallest absolute Gasteiger partial charge is 0.542 e. The van der Waals surface area contributed by atoms with Gasteiger partial charge >= 0.3 is 16.8 Å². The predicted octanol–water partition coefficient (Wildman–Crippen LogP) is 0.564. The van der Waals surface area contributed by atoms with E-state index >= 15 is 0 Å². The van der Waals surface area contributed by atoms with E-state index in [2.05, 4.69) is 0 Å². The van der Waals surface area contributed by atoms with E-state index in [1.807, 2.05) is 0 Å². The molecule has 5 heavy (non-hydrogen) atoms. The molecule has 0 saturated heterocycles. The molecule has 0 heterocycles. The van der Waals surface area contributed by atoms with Gasteiger partial charge in [-0.3, -0.25) is 6.29 Å². The molecule has 0 aliphatic carbocycles. The zero-order valence-corrected chi connectivity index (χ0v) is 3.99. The Morgan fingerprint density at radius 3 is 2.20 bits per heavy atom. The van der Waals surface area contributed by atoms with Crippen LogP contribution in [-0.4, -0.2) is 6.29 Å². The first kappa shape index (κ1) is 8.95. The first-order valence-electron chi connectivity index (χ1n) is 1.26. The summed E-state index contributed by atoms with van der Waals surface area (Å²) in [6.07, 6.45) is 1.35. The minimum Gasteiger partial charge on any atom is -0.542 e. The molecule has 2 heteroatoms. The summed E-state index contributed by atoms with van der Waals surface area (Å²) in [7, 11) is 0. The SMILES string of the molecule is [3H]C[C-]=O.[CH3-].[Co+2]. The number of rotatable bonds is 0. The van der Waals surface area contributed by atoms with Gasteiger partial charge < -0.3 is 12.2 Å². The Hall–Kier alpha value is 0.176. The zero-order chi connectivity index (χ0) is 3.41. The van der Waals surface area contributed by atoms with Crippen LogP contribution in [0.25, 0.3) is 0 Å². The Morgan fingerprint density at radius 2 is 2.20 bits per heavy atom. The van der Waals surface area contributed by atoms with Crippen LogP contribution in [0.3, 0.4) is 0 Å². The third-order valence-corrected chi connectivity index (χ3v) is 0. The normalized spacial score (nSPS) is 5.20. The van der Waals surface area contributed by atoms with Crippen LogP contribution in [0, 0.1) is 7.43 Å². The zero-order valence-electron chi connectivity index (χ0n) is 3.95. The average molecular weight is 119 g/mol. The van der Waals surface area contributed by atoms with Crippen LogP contribution in [0.5, 0.6) is 0 Å². The summed E-state index contributed by atoms with van der Waals surface area (Å²) in [6, 6.07) is 0. The molecule has 0 atom stereocenters. The van der Waals surface area contributed by atoms with Gasteiger partial charge in [0.2, 0.25) is 0 Å². The largest absolute Gasteiger partial charge is 2.00 e. The van der Waals surface area contributed by atoms with Gasteiger partial charge in [0.15, 0.2) is 0 Å². The maximum absolute atomic E-state index is 8.86. The van der Waals surface area contributed by atoms with Crippen molar-refractivity contribution in [2.75, 3.05) is 0 Å².